The predicted octanol–water partition coefficient (Wildman–Crippen LogP) is 4.16. The summed E-state index contributed by atoms with van der Waals surface area (Å²) in [5, 5.41) is 5.70. The Morgan fingerprint density at radius 3 is 2.71 bits per heavy atom. The molecule has 1 heterocycles. The van der Waals surface area contributed by atoms with Crippen LogP contribution in [0.4, 0.5) is 4.39 Å². The van der Waals surface area contributed by atoms with Gasteiger partial charge in [0.05, 0.1) is 11.1 Å². The van der Waals surface area contributed by atoms with Gasteiger partial charge in [0.15, 0.2) is 0 Å². The highest BCUT2D eigenvalue weighted by atomic mass is 35.5. The molecule has 1 aromatic heterocycles. The van der Waals surface area contributed by atoms with Crippen LogP contribution in [0.5, 0.6) is 0 Å². The first-order chi connectivity index (χ1) is 8.15. The minimum absolute atomic E-state index is 0.170. The third-order valence-corrected chi connectivity index (χ3v) is 4.15. The van der Waals surface area contributed by atoms with E-state index in [-0.39, 0.29) is 11.9 Å². The van der Waals surface area contributed by atoms with Gasteiger partial charge in [-0.15, -0.1) is 11.3 Å². The Hall–Kier alpha value is -0.900. The van der Waals surface area contributed by atoms with Gasteiger partial charge in [0.2, 0.25) is 0 Å². The molecule has 4 heteroatoms. The number of halogens is 2. The number of nitrogens with one attached hydrogen (secondary N) is 1. The van der Waals surface area contributed by atoms with E-state index in [1.54, 1.807) is 19.1 Å². The highest BCUT2D eigenvalue weighted by molar-refractivity contribution is 7.10. The average Bonchev–Trinajstić information content (AvgIpc) is 2.72. The molecule has 0 fully saturated rings. The molecule has 0 radical (unpaired) electrons. The average molecular weight is 270 g/mol. The number of hydrogen-bond acceptors (Lipinski definition) is 2. The van der Waals surface area contributed by atoms with Gasteiger partial charge in [-0.2, -0.15) is 0 Å². The minimum Gasteiger partial charge on any atom is -0.309 e. The summed E-state index contributed by atoms with van der Waals surface area (Å²) < 4.78 is 14.1. The third-order valence-electron chi connectivity index (χ3n) is 2.73. The lowest BCUT2D eigenvalue weighted by atomic mass is 10.0. The van der Waals surface area contributed by atoms with E-state index in [4.69, 9.17) is 11.6 Å². The quantitative estimate of drug-likeness (QED) is 0.882. The van der Waals surface area contributed by atoms with E-state index in [1.807, 2.05) is 24.6 Å². The Balaban J connectivity index is 2.50. The molecule has 0 saturated heterocycles. The molecular formula is C13H13ClFNS. The molecule has 1 atom stereocenters. The van der Waals surface area contributed by atoms with Crippen LogP contribution in [0, 0.1) is 12.7 Å². The molecule has 0 spiro atoms. The number of hydrogen-bond donors (Lipinski definition) is 1. The zero-order chi connectivity index (χ0) is 12.4. The number of benzene rings is 1. The van der Waals surface area contributed by atoms with Crippen LogP contribution in [0.25, 0.3) is 0 Å². The minimum atomic E-state index is -0.192. The first-order valence-corrected chi connectivity index (χ1v) is 6.56. The molecule has 1 N–H and O–H groups in total. The summed E-state index contributed by atoms with van der Waals surface area (Å²) in [4.78, 5) is 0.943. The molecule has 0 aliphatic heterocycles. The second-order valence-electron chi connectivity index (χ2n) is 3.83. The van der Waals surface area contributed by atoms with Crippen LogP contribution >= 0.6 is 22.9 Å². The van der Waals surface area contributed by atoms with Crippen LogP contribution in [0.2, 0.25) is 5.02 Å². The van der Waals surface area contributed by atoms with Gasteiger partial charge in [-0.05, 0) is 31.0 Å². The highest BCUT2D eigenvalue weighted by Gasteiger charge is 2.20. The van der Waals surface area contributed by atoms with E-state index in [9.17, 15) is 4.39 Å². The second-order valence-corrected chi connectivity index (χ2v) is 5.19. The van der Waals surface area contributed by atoms with E-state index in [2.05, 4.69) is 5.32 Å². The number of aryl methyl sites for hydroxylation is 1. The topological polar surface area (TPSA) is 12.0 Å². The maximum atomic E-state index is 14.1. The Labute approximate surface area is 109 Å². The van der Waals surface area contributed by atoms with Crippen molar-refractivity contribution in [3.63, 3.8) is 0 Å². The molecular weight excluding hydrogens is 257 g/mol. The summed E-state index contributed by atoms with van der Waals surface area (Å²) in [5.74, 6) is -0.170. The smallest absolute Gasteiger partial charge is 0.131 e. The molecule has 0 aliphatic carbocycles. The first kappa shape index (κ1) is 12.6. The SMILES string of the molecule is CNC(c1cccc(C)c1F)c1sccc1Cl. The summed E-state index contributed by atoms with van der Waals surface area (Å²) in [6.45, 7) is 1.77. The van der Waals surface area contributed by atoms with Crippen molar-refractivity contribution in [3.05, 3.63) is 56.5 Å². The maximum absolute atomic E-state index is 14.1. The van der Waals surface area contributed by atoms with Crippen LogP contribution in [0.3, 0.4) is 0 Å². The molecule has 2 aromatic rings. The van der Waals surface area contributed by atoms with Crippen molar-refractivity contribution in [2.45, 2.75) is 13.0 Å². The Morgan fingerprint density at radius 1 is 1.35 bits per heavy atom. The molecule has 0 bridgehead atoms. The zero-order valence-corrected chi connectivity index (χ0v) is 11.2. The fraction of sp³-hybridized carbons (Fsp3) is 0.231. The standard InChI is InChI=1S/C13H13ClFNS/c1-8-4-3-5-9(11(8)15)12(16-2)13-10(14)6-7-17-13/h3-7,12,16H,1-2H3. The van der Waals surface area contributed by atoms with Gasteiger partial charge in [0.25, 0.3) is 0 Å². The Kier molecular flexibility index (Phi) is 3.82. The van der Waals surface area contributed by atoms with Crippen LogP contribution in [0.15, 0.2) is 29.6 Å². The van der Waals surface area contributed by atoms with Crippen molar-refractivity contribution >= 4 is 22.9 Å². The molecule has 1 nitrogen and oxygen atoms in total. The number of thiophene rings is 1. The fourth-order valence-corrected chi connectivity index (χ4v) is 3.13. The van der Waals surface area contributed by atoms with E-state index >= 15 is 0 Å². The molecule has 17 heavy (non-hydrogen) atoms. The monoisotopic (exact) mass is 269 g/mol. The van der Waals surface area contributed by atoms with Crippen molar-refractivity contribution in [1.82, 2.24) is 5.32 Å². The van der Waals surface area contributed by atoms with Crippen molar-refractivity contribution in [2.24, 2.45) is 0 Å². The van der Waals surface area contributed by atoms with Gasteiger partial charge >= 0.3 is 0 Å². The highest BCUT2D eigenvalue weighted by Crippen LogP contribution is 2.34. The van der Waals surface area contributed by atoms with Gasteiger partial charge in [-0.25, -0.2) is 4.39 Å². The number of rotatable bonds is 3. The summed E-state index contributed by atoms with van der Waals surface area (Å²) in [6.07, 6.45) is 0. The molecule has 1 unspecified atom stereocenters. The van der Waals surface area contributed by atoms with Crippen molar-refractivity contribution in [2.75, 3.05) is 7.05 Å². The van der Waals surface area contributed by atoms with Gasteiger partial charge in [0.1, 0.15) is 5.82 Å². The van der Waals surface area contributed by atoms with Gasteiger partial charge < -0.3 is 5.32 Å². The fourth-order valence-electron chi connectivity index (χ4n) is 1.83. The Bertz CT molecular complexity index is 524. The molecule has 2 rings (SSSR count). The van der Waals surface area contributed by atoms with E-state index in [0.29, 0.717) is 16.1 Å². The van der Waals surface area contributed by atoms with Crippen molar-refractivity contribution < 1.29 is 4.39 Å². The first-order valence-electron chi connectivity index (χ1n) is 5.30. The van der Waals surface area contributed by atoms with Crippen molar-refractivity contribution in [1.29, 1.82) is 0 Å². The lowest BCUT2D eigenvalue weighted by Crippen LogP contribution is -2.18. The van der Waals surface area contributed by atoms with Crippen LogP contribution < -0.4 is 5.32 Å². The largest absolute Gasteiger partial charge is 0.309 e. The molecule has 90 valence electrons. The lowest BCUT2D eigenvalue weighted by molar-refractivity contribution is 0.572. The normalized spacial score (nSPS) is 12.7. The summed E-state index contributed by atoms with van der Waals surface area (Å²) in [7, 11) is 1.81. The second kappa shape index (κ2) is 5.17. The third kappa shape index (κ3) is 2.37. The van der Waals surface area contributed by atoms with Crippen LogP contribution in [-0.2, 0) is 0 Å². The molecule has 0 aliphatic rings. The van der Waals surface area contributed by atoms with Crippen LogP contribution in [0.1, 0.15) is 22.0 Å². The maximum Gasteiger partial charge on any atom is 0.131 e. The van der Waals surface area contributed by atoms with Crippen molar-refractivity contribution in [3.8, 4) is 0 Å². The molecule has 0 amide bonds. The Morgan fingerprint density at radius 2 is 2.12 bits per heavy atom. The van der Waals surface area contributed by atoms with E-state index in [0.717, 1.165) is 4.88 Å². The summed E-state index contributed by atoms with van der Waals surface area (Å²) in [6, 6.07) is 7.06. The van der Waals surface area contributed by atoms with E-state index < -0.39 is 0 Å². The van der Waals surface area contributed by atoms with Crippen LogP contribution in [-0.4, -0.2) is 7.05 Å². The molecule has 1 aromatic carbocycles. The summed E-state index contributed by atoms with van der Waals surface area (Å²) >= 11 is 7.63. The molecule has 0 saturated carbocycles. The zero-order valence-electron chi connectivity index (χ0n) is 9.63. The van der Waals surface area contributed by atoms with Gasteiger partial charge in [-0.1, -0.05) is 29.8 Å². The van der Waals surface area contributed by atoms with Gasteiger partial charge in [0, 0.05) is 10.4 Å². The van der Waals surface area contributed by atoms with Gasteiger partial charge in [-0.3, -0.25) is 0 Å². The predicted molar refractivity (Wildman–Crippen MR) is 71.4 cm³/mol. The lowest BCUT2D eigenvalue weighted by Gasteiger charge is -2.17. The van der Waals surface area contributed by atoms with E-state index in [1.165, 1.54) is 11.3 Å². The summed E-state index contributed by atoms with van der Waals surface area (Å²) in [5.41, 5.74) is 1.28.